The van der Waals surface area contributed by atoms with Crippen molar-refractivity contribution in [2.45, 2.75) is 6.54 Å². The van der Waals surface area contributed by atoms with E-state index >= 15 is 0 Å². The second-order valence-corrected chi connectivity index (χ2v) is 6.66. The van der Waals surface area contributed by atoms with Gasteiger partial charge in [0.15, 0.2) is 5.82 Å². The lowest BCUT2D eigenvalue weighted by atomic mass is 10.1. The van der Waals surface area contributed by atoms with E-state index in [1.54, 1.807) is 29.2 Å². The van der Waals surface area contributed by atoms with Crippen molar-refractivity contribution in [1.82, 2.24) is 24.6 Å². The normalized spacial score (nSPS) is 10.7. The van der Waals surface area contributed by atoms with Crippen LogP contribution in [0.15, 0.2) is 73.4 Å². The van der Waals surface area contributed by atoms with Crippen molar-refractivity contribution in [3.63, 3.8) is 0 Å². The van der Waals surface area contributed by atoms with E-state index in [1.807, 2.05) is 53.5 Å². The summed E-state index contributed by atoms with van der Waals surface area (Å²) in [6.45, 7) is 0.325. The van der Waals surface area contributed by atoms with Gasteiger partial charge in [0.1, 0.15) is 5.75 Å². The van der Waals surface area contributed by atoms with Gasteiger partial charge in [0, 0.05) is 43.6 Å². The Morgan fingerprint density at radius 3 is 2.66 bits per heavy atom. The van der Waals surface area contributed by atoms with Crippen LogP contribution in [0.3, 0.4) is 0 Å². The molecule has 4 rings (SSSR count). The number of halogens is 1. The fourth-order valence-electron chi connectivity index (χ4n) is 2.92. The number of aromatic nitrogens is 4. The highest BCUT2D eigenvalue weighted by Crippen LogP contribution is 2.30. The Morgan fingerprint density at radius 1 is 1.17 bits per heavy atom. The molecule has 0 radical (unpaired) electrons. The van der Waals surface area contributed by atoms with E-state index < -0.39 is 0 Å². The van der Waals surface area contributed by atoms with E-state index in [0.29, 0.717) is 28.7 Å². The molecule has 8 heteroatoms. The molecule has 0 unspecified atom stereocenters. The number of hydrogen-bond acceptors (Lipinski definition) is 4. The Balaban J connectivity index is 1.49. The minimum Gasteiger partial charge on any atom is -0.496 e. The van der Waals surface area contributed by atoms with Crippen LogP contribution in [0.25, 0.3) is 11.5 Å². The average Bonchev–Trinajstić information content (AvgIpc) is 3.46. The molecule has 0 aliphatic rings. The maximum absolute atomic E-state index is 12.7. The highest BCUT2D eigenvalue weighted by atomic mass is 35.5. The van der Waals surface area contributed by atoms with Gasteiger partial charge in [0.05, 0.1) is 23.4 Å². The first-order chi connectivity index (χ1) is 14.2. The second kappa shape index (κ2) is 8.20. The van der Waals surface area contributed by atoms with E-state index in [4.69, 9.17) is 16.3 Å². The lowest BCUT2D eigenvalue weighted by molar-refractivity contribution is 0.0948. The first-order valence-electron chi connectivity index (χ1n) is 8.90. The second-order valence-electron chi connectivity index (χ2n) is 6.25. The molecule has 1 N–H and O–H groups in total. The fraction of sp³-hybridized carbons (Fsp3) is 0.0952. The summed E-state index contributed by atoms with van der Waals surface area (Å²) in [5.74, 6) is 0.876. The molecule has 0 saturated heterocycles. The molecular formula is C21H18ClN5O2. The molecule has 29 heavy (non-hydrogen) atoms. The third kappa shape index (κ3) is 4.00. The van der Waals surface area contributed by atoms with Gasteiger partial charge in [-0.05, 0) is 35.9 Å². The Labute approximate surface area is 172 Å². The standard InChI is InChI=1S/C21H18ClN5O2/c1-29-19-12-18(26-8-2-3-9-26)17(22)11-16(19)21(28)24-14-15-5-6-20(23-13-15)27-10-4-7-25-27/h2-13H,14H2,1H3,(H,24,28). The minimum absolute atomic E-state index is 0.279. The first kappa shape index (κ1) is 18.8. The minimum atomic E-state index is -0.279. The van der Waals surface area contributed by atoms with E-state index in [1.165, 1.54) is 7.11 Å². The van der Waals surface area contributed by atoms with Gasteiger partial charge in [-0.1, -0.05) is 17.7 Å². The zero-order chi connectivity index (χ0) is 20.2. The molecule has 7 nitrogen and oxygen atoms in total. The first-order valence-corrected chi connectivity index (χ1v) is 9.27. The van der Waals surface area contributed by atoms with Gasteiger partial charge in [0.25, 0.3) is 5.91 Å². The van der Waals surface area contributed by atoms with Crippen LogP contribution in [0.1, 0.15) is 15.9 Å². The predicted octanol–water partition coefficient (Wildman–Crippen LogP) is 3.65. The molecule has 0 bridgehead atoms. The van der Waals surface area contributed by atoms with Crippen LogP contribution in [-0.4, -0.2) is 32.3 Å². The zero-order valence-corrected chi connectivity index (χ0v) is 16.4. The molecule has 0 aliphatic carbocycles. The number of carbonyl (C=O) groups is 1. The lowest BCUT2D eigenvalue weighted by Crippen LogP contribution is -2.23. The van der Waals surface area contributed by atoms with Crippen molar-refractivity contribution >= 4 is 17.5 Å². The van der Waals surface area contributed by atoms with E-state index in [9.17, 15) is 4.79 Å². The number of ether oxygens (including phenoxy) is 1. The molecule has 0 fully saturated rings. The van der Waals surface area contributed by atoms with E-state index in [-0.39, 0.29) is 5.91 Å². The number of amides is 1. The average molecular weight is 408 g/mol. The lowest BCUT2D eigenvalue weighted by Gasteiger charge is -2.13. The molecule has 146 valence electrons. The van der Waals surface area contributed by atoms with Crippen LogP contribution in [-0.2, 0) is 6.54 Å². The number of methoxy groups -OCH3 is 1. The maximum Gasteiger partial charge on any atom is 0.255 e. The maximum atomic E-state index is 12.7. The fourth-order valence-corrected chi connectivity index (χ4v) is 3.18. The Kier molecular flexibility index (Phi) is 5.31. The van der Waals surface area contributed by atoms with Crippen LogP contribution < -0.4 is 10.1 Å². The monoisotopic (exact) mass is 407 g/mol. The van der Waals surface area contributed by atoms with Crippen molar-refractivity contribution in [3.05, 3.63) is 89.6 Å². The number of nitrogens with zero attached hydrogens (tertiary/aromatic N) is 4. The molecule has 3 heterocycles. The highest BCUT2D eigenvalue weighted by Gasteiger charge is 2.16. The van der Waals surface area contributed by atoms with Gasteiger partial charge >= 0.3 is 0 Å². The predicted molar refractivity (Wildman–Crippen MR) is 110 cm³/mol. The van der Waals surface area contributed by atoms with Gasteiger partial charge in [-0.25, -0.2) is 9.67 Å². The van der Waals surface area contributed by atoms with Crippen LogP contribution >= 0.6 is 11.6 Å². The Hall–Kier alpha value is -3.58. The quantitative estimate of drug-likeness (QED) is 0.529. The Morgan fingerprint density at radius 2 is 2.00 bits per heavy atom. The summed E-state index contributed by atoms with van der Waals surface area (Å²) in [6.07, 6.45) is 8.96. The van der Waals surface area contributed by atoms with E-state index in [2.05, 4.69) is 15.4 Å². The number of carbonyl (C=O) groups excluding carboxylic acids is 1. The molecule has 0 spiro atoms. The SMILES string of the molecule is COc1cc(-n2cccc2)c(Cl)cc1C(=O)NCc1ccc(-n2cccn2)nc1. The number of rotatable bonds is 6. The summed E-state index contributed by atoms with van der Waals surface area (Å²) in [4.78, 5) is 17.1. The van der Waals surface area contributed by atoms with Crippen molar-refractivity contribution in [2.24, 2.45) is 0 Å². The largest absolute Gasteiger partial charge is 0.496 e. The van der Waals surface area contributed by atoms with Crippen molar-refractivity contribution in [1.29, 1.82) is 0 Å². The smallest absolute Gasteiger partial charge is 0.255 e. The third-order valence-corrected chi connectivity index (χ3v) is 4.70. The molecule has 0 saturated carbocycles. The summed E-state index contributed by atoms with van der Waals surface area (Å²) in [7, 11) is 1.53. The van der Waals surface area contributed by atoms with Gasteiger partial charge in [-0.15, -0.1) is 0 Å². The van der Waals surface area contributed by atoms with Crippen LogP contribution in [0.5, 0.6) is 5.75 Å². The van der Waals surface area contributed by atoms with Gasteiger partial charge in [-0.3, -0.25) is 4.79 Å². The molecule has 1 aromatic carbocycles. The number of pyridine rings is 1. The molecule has 4 aromatic rings. The van der Waals surface area contributed by atoms with Gasteiger partial charge in [0.2, 0.25) is 0 Å². The van der Waals surface area contributed by atoms with Gasteiger partial charge in [-0.2, -0.15) is 5.10 Å². The molecule has 0 atom stereocenters. The van der Waals surface area contributed by atoms with Crippen molar-refractivity contribution in [2.75, 3.05) is 7.11 Å². The van der Waals surface area contributed by atoms with Crippen molar-refractivity contribution in [3.8, 4) is 17.3 Å². The van der Waals surface area contributed by atoms with Crippen LogP contribution in [0.4, 0.5) is 0 Å². The summed E-state index contributed by atoms with van der Waals surface area (Å²) in [5.41, 5.74) is 1.97. The van der Waals surface area contributed by atoms with Gasteiger partial charge < -0.3 is 14.6 Å². The third-order valence-electron chi connectivity index (χ3n) is 4.40. The molecular weight excluding hydrogens is 390 g/mol. The van der Waals surface area contributed by atoms with E-state index in [0.717, 1.165) is 11.3 Å². The van der Waals surface area contributed by atoms with Crippen LogP contribution in [0, 0.1) is 0 Å². The summed E-state index contributed by atoms with van der Waals surface area (Å²) >= 11 is 6.40. The number of nitrogens with one attached hydrogen (secondary N) is 1. The zero-order valence-electron chi connectivity index (χ0n) is 15.6. The molecule has 0 aliphatic heterocycles. The highest BCUT2D eigenvalue weighted by molar-refractivity contribution is 6.33. The topological polar surface area (TPSA) is 74.0 Å². The number of hydrogen-bond donors (Lipinski definition) is 1. The van der Waals surface area contributed by atoms with Crippen molar-refractivity contribution < 1.29 is 9.53 Å². The van der Waals surface area contributed by atoms with Crippen LogP contribution in [0.2, 0.25) is 5.02 Å². The molecule has 1 amide bonds. The Bertz CT molecular complexity index is 1110. The summed E-state index contributed by atoms with van der Waals surface area (Å²) < 4.78 is 8.94. The summed E-state index contributed by atoms with van der Waals surface area (Å²) in [5, 5.41) is 7.47. The number of benzene rings is 1. The summed E-state index contributed by atoms with van der Waals surface area (Å²) in [6, 6.07) is 12.7. The molecule has 3 aromatic heterocycles.